The van der Waals surface area contributed by atoms with Crippen molar-refractivity contribution in [2.24, 2.45) is 5.92 Å². The number of rotatable bonds is 5. The normalized spacial score (nSPS) is 21.6. The molecule has 168 valence electrons. The molecule has 2 unspecified atom stereocenters. The van der Waals surface area contributed by atoms with E-state index in [0.29, 0.717) is 22.7 Å². The summed E-state index contributed by atoms with van der Waals surface area (Å²) in [5, 5.41) is 2.51. The van der Waals surface area contributed by atoms with Gasteiger partial charge in [0.2, 0.25) is 0 Å². The van der Waals surface area contributed by atoms with Crippen molar-refractivity contribution < 1.29 is 9.22 Å². The van der Waals surface area contributed by atoms with Crippen molar-refractivity contribution >= 4 is 47.1 Å². The molecule has 1 aliphatic rings. The summed E-state index contributed by atoms with van der Waals surface area (Å²) in [6, 6.07) is 21.5. The average Bonchev–Trinajstić information content (AvgIpc) is 2.76. The van der Waals surface area contributed by atoms with Crippen LogP contribution in [0, 0.1) is 5.92 Å². The number of Topliss-reactive ketones (excluding diaryl/α,β-unsaturated/α-hetero) is 1. The lowest BCUT2D eigenvalue weighted by molar-refractivity contribution is -0.124. The molecule has 0 radical (unpaired) electrons. The molecular weight excluding hydrogens is 511 g/mol. The topological polar surface area (TPSA) is 26.3 Å². The maximum Gasteiger partial charge on any atom is 0.261 e. The SMILES string of the molecule is CC(C)(C)[Si](OCC1CC(I)CCCCCCC1=O)(c1ccccc1)c1ccccc1. The van der Waals surface area contributed by atoms with E-state index in [0.717, 1.165) is 12.8 Å². The first-order valence-electron chi connectivity index (χ1n) is 11.8. The van der Waals surface area contributed by atoms with Crippen molar-refractivity contribution in [2.45, 2.75) is 74.7 Å². The minimum atomic E-state index is -2.59. The fourth-order valence-corrected chi connectivity index (χ4v) is 10.6. The van der Waals surface area contributed by atoms with Crippen LogP contribution in [0.3, 0.4) is 0 Å². The highest BCUT2D eigenvalue weighted by molar-refractivity contribution is 14.1. The summed E-state index contributed by atoms with van der Waals surface area (Å²) < 4.78 is 7.66. The van der Waals surface area contributed by atoms with E-state index in [1.54, 1.807) is 0 Å². The van der Waals surface area contributed by atoms with Crippen molar-refractivity contribution in [3.63, 3.8) is 0 Å². The van der Waals surface area contributed by atoms with Gasteiger partial charge in [0.05, 0.1) is 0 Å². The third-order valence-corrected chi connectivity index (χ3v) is 12.7. The first kappa shape index (κ1) is 24.7. The van der Waals surface area contributed by atoms with E-state index in [1.165, 1.54) is 36.1 Å². The Morgan fingerprint density at radius 1 is 0.903 bits per heavy atom. The molecule has 4 heteroatoms. The third-order valence-electron chi connectivity index (χ3n) is 6.60. The molecule has 0 aliphatic heterocycles. The Balaban J connectivity index is 1.97. The summed E-state index contributed by atoms with van der Waals surface area (Å²) in [6.07, 6.45) is 7.61. The number of ketones is 1. The number of alkyl halides is 1. The number of carbonyl (C=O) groups is 1. The van der Waals surface area contributed by atoms with Crippen molar-refractivity contribution in [3.8, 4) is 0 Å². The largest absolute Gasteiger partial charge is 0.407 e. The van der Waals surface area contributed by atoms with Crippen LogP contribution in [0.2, 0.25) is 5.04 Å². The molecule has 0 bridgehead atoms. The molecule has 2 aromatic carbocycles. The van der Waals surface area contributed by atoms with E-state index in [-0.39, 0.29) is 11.0 Å². The van der Waals surface area contributed by atoms with Crippen molar-refractivity contribution in [3.05, 3.63) is 60.7 Å². The van der Waals surface area contributed by atoms with Gasteiger partial charge in [0.1, 0.15) is 5.78 Å². The van der Waals surface area contributed by atoms with E-state index >= 15 is 0 Å². The minimum Gasteiger partial charge on any atom is -0.407 e. The van der Waals surface area contributed by atoms with Crippen molar-refractivity contribution in [2.75, 3.05) is 6.61 Å². The van der Waals surface area contributed by atoms with E-state index in [1.807, 2.05) is 0 Å². The predicted octanol–water partition coefficient (Wildman–Crippen LogP) is 6.30. The molecule has 2 atom stereocenters. The standard InChI is InChI=1S/C27H37IO2Si/c1-27(2,3)31(24-15-9-6-10-16-24,25-17-11-7-12-18-25)30-21-22-20-23(28)14-8-4-5-13-19-26(22)29/h6-7,9-12,15-18,22-23H,4-5,8,13-14,19-21H2,1-3H3. The molecule has 0 spiro atoms. The van der Waals surface area contributed by atoms with Gasteiger partial charge < -0.3 is 4.43 Å². The van der Waals surface area contributed by atoms with Crippen LogP contribution in [0.1, 0.15) is 65.7 Å². The number of carbonyl (C=O) groups excluding carboxylic acids is 1. The molecule has 3 rings (SSSR count). The second kappa shape index (κ2) is 11.2. The summed E-state index contributed by atoms with van der Waals surface area (Å²) in [5.41, 5.74) is 0. The Labute approximate surface area is 203 Å². The van der Waals surface area contributed by atoms with Gasteiger partial charge in [-0.25, -0.2) is 0 Å². The first-order valence-corrected chi connectivity index (χ1v) is 14.9. The molecular formula is C27H37IO2Si. The van der Waals surface area contributed by atoms with Crippen molar-refractivity contribution in [1.29, 1.82) is 0 Å². The highest BCUT2D eigenvalue weighted by Gasteiger charge is 2.50. The van der Waals surface area contributed by atoms with Gasteiger partial charge in [0.15, 0.2) is 0 Å². The van der Waals surface area contributed by atoms with Crippen molar-refractivity contribution in [1.82, 2.24) is 0 Å². The second-order valence-corrected chi connectivity index (χ2v) is 16.0. The van der Waals surface area contributed by atoms with Gasteiger partial charge in [-0.2, -0.15) is 0 Å². The van der Waals surface area contributed by atoms with E-state index < -0.39 is 8.32 Å². The lowest BCUT2D eigenvalue weighted by Crippen LogP contribution is -2.67. The van der Waals surface area contributed by atoms with Crippen LogP contribution >= 0.6 is 22.6 Å². The highest BCUT2D eigenvalue weighted by Crippen LogP contribution is 2.37. The van der Waals surface area contributed by atoms with E-state index in [2.05, 4.69) is 104 Å². The van der Waals surface area contributed by atoms with Gasteiger partial charge in [-0.3, -0.25) is 4.79 Å². The monoisotopic (exact) mass is 548 g/mol. The Hall–Kier alpha value is -0.983. The van der Waals surface area contributed by atoms with E-state index in [9.17, 15) is 4.79 Å². The molecule has 31 heavy (non-hydrogen) atoms. The summed E-state index contributed by atoms with van der Waals surface area (Å²) in [4.78, 5) is 13.1. The number of halogens is 1. The summed E-state index contributed by atoms with van der Waals surface area (Å²) in [7, 11) is -2.59. The van der Waals surface area contributed by atoms with Gasteiger partial charge in [-0.05, 0) is 34.7 Å². The molecule has 0 heterocycles. The predicted molar refractivity (Wildman–Crippen MR) is 142 cm³/mol. The molecule has 2 aromatic rings. The van der Waals surface area contributed by atoms with E-state index in [4.69, 9.17) is 4.43 Å². The quantitative estimate of drug-likeness (QED) is 0.249. The van der Waals surface area contributed by atoms with Crippen LogP contribution in [-0.2, 0) is 9.22 Å². The number of hydrogen-bond donors (Lipinski definition) is 0. The molecule has 1 fully saturated rings. The fourth-order valence-electron chi connectivity index (χ4n) is 4.93. The van der Waals surface area contributed by atoms with Crippen LogP contribution in [0.25, 0.3) is 0 Å². The van der Waals surface area contributed by atoms with Crippen LogP contribution in [0.15, 0.2) is 60.7 Å². The Kier molecular flexibility index (Phi) is 8.94. The zero-order valence-corrected chi connectivity index (χ0v) is 22.4. The van der Waals surface area contributed by atoms with Crippen LogP contribution in [0.5, 0.6) is 0 Å². The van der Waals surface area contributed by atoms with Gasteiger partial charge in [-0.1, -0.05) is 123 Å². The highest BCUT2D eigenvalue weighted by atomic mass is 127. The molecule has 0 amide bonds. The molecule has 0 aromatic heterocycles. The Bertz CT molecular complexity index is 777. The lowest BCUT2D eigenvalue weighted by Gasteiger charge is -2.43. The zero-order valence-electron chi connectivity index (χ0n) is 19.3. The fraction of sp³-hybridized carbons (Fsp3) is 0.519. The number of benzene rings is 2. The van der Waals surface area contributed by atoms with Gasteiger partial charge in [0, 0.05) is 22.9 Å². The Morgan fingerprint density at radius 2 is 1.45 bits per heavy atom. The maximum absolute atomic E-state index is 13.1. The Morgan fingerprint density at radius 3 is 2.00 bits per heavy atom. The molecule has 2 nitrogen and oxygen atoms in total. The first-order chi connectivity index (χ1) is 14.8. The van der Waals surface area contributed by atoms with Crippen LogP contribution in [0.4, 0.5) is 0 Å². The minimum absolute atomic E-state index is 0.00153. The molecule has 0 N–H and O–H groups in total. The van der Waals surface area contributed by atoms with Crippen LogP contribution < -0.4 is 10.4 Å². The van der Waals surface area contributed by atoms with Crippen LogP contribution in [-0.4, -0.2) is 24.6 Å². The number of hydrogen-bond acceptors (Lipinski definition) is 2. The molecule has 0 saturated heterocycles. The second-order valence-electron chi connectivity index (χ2n) is 9.92. The lowest BCUT2D eigenvalue weighted by atomic mass is 9.92. The summed E-state index contributed by atoms with van der Waals surface area (Å²) in [5.74, 6) is 0.406. The molecule has 1 saturated carbocycles. The van der Waals surface area contributed by atoms with Gasteiger partial charge in [-0.15, -0.1) is 0 Å². The van der Waals surface area contributed by atoms with Gasteiger partial charge in [0.25, 0.3) is 8.32 Å². The smallest absolute Gasteiger partial charge is 0.261 e. The summed E-state index contributed by atoms with van der Waals surface area (Å²) >= 11 is 2.56. The zero-order chi connectivity index (χ0) is 22.3. The average molecular weight is 549 g/mol. The maximum atomic E-state index is 13.1. The molecule has 1 aliphatic carbocycles. The third kappa shape index (κ3) is 6.08. The summed E-state index contributed by atoms with van der Waals surface area (Å²) in [6.45, 7) is 7.44. The van der Waals surface area contributed by atoms with Gasteiger partial charge >= 0.3 is 0 Å².